The molecule has 0 saturated carbocycles. The first-order valence-corrected chi connectivity index (χ1v) is 26.8. The summed E-state index contributed by atoms with van der Waals surface area (Å²) in [5, 5.41) is 26.3. The van der Waals surface area contributed by atoms with Crippen LogP contribution in [0.5, 0.6) is 0 Å². The van der Waals surface area contributed by atoms with Crippen molar-refractivity contribution in [1.82, 2.24) is 30.2 Å². The minimum absolute atomic E-state index is 0.0235. The van der Waals surface area contributed by atoms with Crippen molar-refractivity contribution in [3.8, 4) is 0 Å². The van der Waals surface area contributed by atoms with Gasteiger partial charge in [-0.15, -0.1) is 0 Å². The summed E-state index contributed by atoms with van der Waals surface area (Å²) in [6, 6.07) is 0. The molecule has 0 aromatic carbocycles. The van der Waals surface area contributed by atoms with Crippen LogP contribution in [0.2, 0.25) is 0 Å². The number of amides is 2. The first kappa shape index (κ1) is 59.3. The van der Waals surface area contributed by atoms with Crippen LogP contribution in [-0.2, 0) is 50.7 Å². The number of phosphoric acid groups is 3. The van der Waals surface area contributed by atoms with Gasteiger partial charge in [-0.05, 0) is 32.1 Å². The summed E-state index contributed by atoms with van der Waals surface area (Å²) in [7, 11) is -17.6. The van der Waals surface area contributed by atoms with Crippen molar-refractivity contribution in [2.24, 2.45) is 5.41 Å². The van der Waals surface area contributed by atoms with Crippen LogP contribution in [0.3, 0.4) is 0 Å². The van der Waals surface area contributed by atoms with E-state index in [1.807, 2.05) is 12.2 Å². The molecule has 3 rings (SSSR count). The molecular formula is C41H58N7O17P3S-4. The number of aliphatic hydroxyl groups is 2. The highest BCUT2D eigenvalue weighted by atomic mass is 32.2. The molecule has 384 valence electrons. The number of hydrogen-bond donors (Lipinski definition) is 5. The lowest BCUT2D eigenvalue weighted by Crippen LogP contribution is -2.46. The van der Waals surface area contributed by atoms with Crippen LogP contribution in [0.15, 0.2) is 85.6 Å². The van der Waals surface area contributed by atoms with E-state index in [-0.39, 0.29) is 48.0 Å². The summed E-state index contributed by atoms with van der Waals surface area (Å²) in [5.74, 6) is -1.26. The number of nitrogens with one attached hydrogen (secondary N) is 2. The zero-order chi connectivity index (χ0) is 51.1. The lowest BCUT2D eigenvalue weighted by atomic mass is 9.87. The average Bonchev–Trinajstić information content (AvgIpc) is 3.84. The second-order valence-corrected chi connectivity index (χ2v) is 20.7. The third-order valence-corrected chi connectivity index (χ3v) is 13.3. The van der Waals surface area contributed by atoms with Gasteiger partial charge in [0, 0.05) is 37.1 Å². The fourth-order valence-electron chi connectivity index (χ4n) is 5.89. The topological polar surface area (TPSA) is 375 Å². The summed E-state index contributed by atoms with van der Waals surface area (Å²) >= 11 is 1.05. The maximum atomic E-state index is 12.6. The van der Waals surface area contributed by atoms with E-state index in [4.69, 9.17) is 10.5 Å². The Hall–Kier alpha value is -4.00. The smallest absolute Gasteiger partial charge is 0.274 e. The van der Waals surface area contributed by atoms with Crippen molar-refractivity contribution >= 4 is 69.1 Å². The average molecular weight is 1050 g/mol. The van der Waals surface area contributed by atoms with Crippen molar-refractivity contribution in [2.45, 2.75) is 96.4 Å². The van der Waals surface area contributed by atoms with Gasteiger partial charge in [0.25, 0.3) is 15.6 Å². The van der Waals surface area contributed by atoms with Gasteiger partial charge in [0.15, 0.2) is 22.8 Å². The van der Waals surface area contributed by atoms with Gasteiger partial charge in [0.2, 0.25) is 11.8 Å². The van der Waals surface area contributed by atoms with Gasteiger partial charge in [-0.2, -0.15) is 0 Å². The number of carbonyl (C=O) groups is 3. The Morgan fingerprint density at radius 3 is 2.14 bits per heavy atom. The number of nitrogen functional groups attached to an aromatic ring is 1. The molecule has 69 heavy (non-hydrogen) atoms. The molecule has 0 radical (unpaired) electrons. The zero-order valence-corrected chi connectivity index (χ0v) is 41.6. The van der Waals surface area contributed by atoms with Crippen LogP contribution in [0.25, 0.3) is 11.2 Å². The Bertz CT molecular complexity index is 2320. The summed E-state index contributed by atoms with van der Waals surface area (Å²) < 4.78 is 60.8. The number of nitrogens with zero attached hydrogens (tertiary/aromatic N) is 4. The van der Waals surface area contributed by atoms with E-state index in [9.17, 15) is 57.9 Å². The maximum Gasteiger partial charge on any atom is 0.274 e. The Labute approximate surface area is 403 Å². The van der Waals surface area contributed by atoms with Gasteiger partial charge in [-0.1, -0.05) is 105 Å². The molecule has 1 saturated heterocycles. The lowest BCUT2D eigenvalue weighted by molar-refractivity contribution is -0.347. The van der Waals surface area contributed by atoms with Crippen molar-refractivity contribution in [3.63, 3.8) is 0 Å². The minimum Gasteiger partial charge on any atom is -0.790 e. The molecule has 1 aliphatic heterocycles. The lowest BCUT2D eigenvalue weighted by Gasteiger charge is -2.36. The van der Waals surface area contributed by atoms with Crippen LogP contribution in [0.4, 0.5) is 5.82 Å². The van der Waals surface area contributed by atoms with Crippen molar-refractivity contribution in [3.05, 3.63) is 85.6 Å². The van der Waals surface area contributed by atoms with E-state index in [0.717, 1.165) is 61.1 Å². The second kappa shape index (κ2) is 29.4. The summed E-state index contributed by atoms with van der Waals surface area (Å²) in [6.45, 7) is 2.16. The highest BCUT2D eigenvalue weighted by Gasteiger charge is 2.47. The molecule has 6 N–H and O–H groups in total. The van der Waals surface area contributed by atoms with E-state index < -0.39 is 84.6 Å². The fourth-order valence-corrected chi connectivity index (χ4v) is 9.27. The molecule has 28 heteroatoms. The zero-order valence-electron chi connectivity index (χ0n) is 38.1. The van der Waals surface area contributed by atoms with Gasteiger partial charge >= 0.3 is 0 Å². The van der Waals surface area contributed by atoms with E-state index >= 15 is 0 Å². The number of aliphatic hydroxyl groups excluding tert-OH is 2. The standard InChI is InChI=1S/C41H62N7O17P3S/c1-4-5-6-7-8-9-10-11-12-13-14-15-16-17-18-19-20-21-32(50)69-25-24-43-31(49)22-23-44-39(53)36(52)41(2,3)27-62-68(59,60)65-67(57,58)61-26-30-35(64-66(54,55)56)34(51)40(63-30)48-29-47-33-37(42)45-28-46-38(33)48/h5-6,8-9,11-12,14-15,17-20,28-30,34-36,40,51-52H,4,7,10,13,16,21-27H2,1-3H3,(H,43,49)(H,44,53)(H,57,58)(H,59,60)(H2,42,45,46)(H2,54,55,56)/p-4/b6-5-,9-8-,12-11-,15-14-,18-17-,20-19+/t30-,34-,35-,36+,40-/m1/s1. The molecule has 0 spiro atoms. The second-order valence-electron chi connectivity index (χ2n) is 15.5. The summed E-state index contributed by atoms with van der Waals surface area (Å²) in [5.41, 5.74) is 4.07. The molecule has 0 bridgehead atoms. The number of rotatable bonds is 31. The van der Waals surface area contributed by atoms with Crippen LogP contribution < -0.4 is 35.9 Å². The number of fused-ring (bicyclic) bond motifs is 1. The molecule has 7 atom stereocenters. The van der Waals surface area contributed by atoms with Crippen molar-refractivity contribution in [1.29, 1.82) is 0 Å². The Morgan fingerprint density at radius 2 is 1.51 bits per heavy atom. The van der Waals surface area contributed by atoms with E-state index in [2.05, 4.69) is 99.0 Å². The summed E-state index contributed by atoms with van der Waals surface area (Å²) in [4.78, 5) is 96.7. The summed E-state index contributed by atoms with van der Waals surface area (Å²) in [6.07, 6.45) is 21.5. The van der Waals surface area contributed by atoms with Crippen LogP contribution in [-0.4, -0.2) is 103 Å². The Balaban J connectivity index is 1.32. The van der Waals surface area contributed by atoms with Crippen LogP contribution >= 0.6 is 35.2 Å². The minimum atomic E-state index is -5.93. The van der Waals surface area contributed by atoms with Gasteiger partial charge in [-0.25, -0.2) is 19.3 Å². The first-order valence-electron chi connectivity index (χ1n) is 21.4. The number of allylic oxidation sites excluding steroid dienone is 12. The number of imidazole rings is 1. The molecule has 2 aromatic heterocycles. The third-order valence-electron chi connectivity index (χ3n) is 9.40. The largest absolute Gasteiger partial charge is 0.790 e. The fraction of sp³-hybridized carbons (Fsp3) is 0.512. The van der Waals surface area contributed by atoms with Crippen molar-refractivity contribution in [2.75, 3.05) is 37.8 Å². The molecular weight excluding hydrogens is 987 g/mol. The van der Waals surface area contributed by atoms with Crippen molar-refractivity contribution < 1.29 is 80.5 Å². The normalized spacial score (nSPS) is 20.5. The highest BCUT2D eigenvalue weighted by molar-refractivity contribution is 8.13. The number of aromatic nitrogens is 4. The number of thioether (sulfide) groups is 1. The number of nitrogens with two attached hydrogens (primary N) is 1. The predicted molar refractivity (Wildman–Crippen MR) is 246 cm³/mol. The number of carbonyl (C=O) groups excluding carboxylic acids is 3. The van der Waals surface area contributed by atoms with E-state index in [0.29, 0.717) is 5.75 Å². The van der Waals surface area contributed by atoms with Crippen LogP contribution in [0.1, 0.15) is 71.9 Å². The van der Waals surface area contributed by atoms with Gasteiger partial charge in [0.05, 0.1) is 27.4 Å². The molecule has 24 nitrogen and oxygen atoms in total. The van der Waals surface area contributed by atoms with E-state index in [1.54, 1.807) is 12.2 Å². The monoisotopic (exact) mass is 1050 g/mol. The molecule has 3 heterocycles. The van der Waals surface area contributed by atoms with Gasteiger partial charge < -0.3 is 69.0 Å². The molecule has 2 aromatic rings. The number of ether oxygens (including phenoxy) is 1. The highest BCUT2D eigenvalue weighted by Crippen LogP contribution is 2.56. The molecule has 2 unspecified atom stereocenters. The molecule has 1 fully saturated rings. The Morgan fingerprint density at radius 1 is 0.899 bits per heavy atom. The SMILES string of the molecule is CC/C=C\C/C=C\C/C=C\C/C=C\C/C=C\C=C\CC(=O)SCCNC(=O)CCNC(=O)[C@H](O)C(C)(C)COP(=O)([O-])OP(=O)([O-])OC[C@H]1O[C@@H](n2cnc3c(N)ncnc32)[C@H](O)[C@@H]1OP(=O)([O-])[O-]. The van der Waals surface area contributed by atoms with E-state index in [1.165, 1.54) is 13.8 Å². The first-order chi connectivity index (χ1) is 32.6. The van der Waals surface area contributed by atoms with Gasteiger partial charge in [-0.3, -0.25) is 28.1 Å². The van der Waals surface area contributed by atoms with Crippen LogP contribution in [0, 0.1) is 5.41 Å². The quantitative estimate of drug-likeness (QED) is 0.0311. The molecule has 2 amide bonds. The predicted octanol–water partition coefficient (Wildman–Crippen LogP) is 1.83. The number of anilines is 1. The van der Waals surface area contributed by atoms with Gasteiger partial charge in [0.1, 0.15) is 36.3 Å². The third kappa shape index (κ3) is 22.3. The Kier molecular flexibility index (Phi) is 25.2. The number of hydrogen-bond acceptors (Lipinski definition) is 22. The maximum absolute atomic E-state index is 12.6. The number of phosphoric ester groups is 3. The molecule has 1 aliphatic rings. The molecule has 0 aliphatic carbocycles.